The molecule has 0 radical (unpaired) electrons. The summed E-state index contributed by atoms with van der Waals surface area (Å²) >= 11 is 3.72. The van der Waals surface area contributed by atoms with E-state index in [0.717, 1.165) is 51.1 Å². The molecule has 0 spiro atoms. The zero-order valence-corrected chi connectivity index (χ0v) is 21.8. The van der Waals surface area contributed by atoms with Crippen molar-refractivity contribution in [1.29, 1.82) is 0 Å². The van der Waals surface area contributed by atoms with E-state index in [-0.39, 0.29) is 0 Å². The van der Waals surface area contributed by atoms with Crippen molar-refractivity contribution in [1.82, 2.24) is 14.7 Å². The van der Waals surface area contributed by atoms with Gasteiger partial charge in [0.1, 0.15) is 5.82 Å². The zero-order valence-electron chi connectivity index (χ0n) is 20.2. The molecule has 34 heavy (non-hydrogen) atoms. The molecule has 2 aromatic carbocycles. The molecule has 6 heteroatoms. The second kappa shape index (κ2) is 9.03. The molecule has 2 aliphatic rings. The van der Waals surface area contributed by atoms with Crippen LogP contribution in [0.1, 0.15) is 64.0 Å². The van der Waals surface area contributed by atoms with Gasteiger partial charge in [0.05, 0.1) is 21.2 Å². The Morgan fingerprint density at radius 1 is 1.03 bits per heavy atom. The Morgan fingerprint density at radius 2 is 1.85 bits per heavy atom. The van der Waals surface area contributed by atoms with E-state index in [2.05, 4.69) is 67.8 Å². The van der Waals surface area contributed by atoms with E-state index in [0.29, 0.717) is 12.0 Å². The van der Waals surface area contributed by atoms with Gasteiger partial charge in [0.2, 0.25) is 0 Å². The Bertz CT molecular complexity index is 1330. The minimum absolute atomic E-state index is 0.593. The van der Waals surface area contributed by atoms with Gasteiger partial charge in [-0.25, -0.2) is 4.98 Å². The predicted molar refractivity (Wildman–Crippen MR) is 142 cm³/mol. The van der Waals surface area contributed by atoms with Gasteiger partial charge in [0, 0.05) is 35.8 Å². The maximum Gasteiger partial charge on any atom is 0.181 e. The van der Waals surface area contributed by atoms with Crippen LogP contribution in [0.4, 0.5) is 5.69 Å². The number of hydrogen-bond donors (Lipinski definition) is 0. The number of aryl methyl sites for hydroxylation is 1. The van der Waals surface area contributed by atoms with Crippen molar-refractivity contribution in [3.63, 3.8) is 0 Å². The molecule has 5 nitrogen and oxygen atoms in total. The number of benzene rings is 2. The summed E-state index contributed by atoms with van der Waals surface area (Å²) in [6, 6.07) is 11.8. The molecule has 0 bridgehead atoms. The third kappa shape index (κ3) is 3.94. The predicted octanol–water partition coefficient (Wildman–Crippen LogP) is 7.87. The van der Waals surface area contributed by atoms with Crippen LogP contribution in [0, 0.1) is 12.8 Å². The Balaban J connectivity index is 1.50. The Labute approximate surface area is 209 Å². The molecule has 6 rings (SSSR count). The van der Waals surface area contributed by atoms with E-state index in [1.54, 1.807) is 0 Å². The normalized spacial score (nSPS) is 20.0. The summed E-state index contributed by atoms with van der Waals surface area (Å²) < 4.78 is 8.97. The first-order valence-corrected chi connectivity index (χ1v) is 13.7. The van der Waals surface area contributed by atoms with Crippen LogP contribution in [-0.2, 0) is 6.54 Å². The van der Waals surface area contributed by atoms with Crippen molar-refractivity contribution in [2.75, 3.05) is 11.4 Å². The highest BCUT2D eigenvalue weighted by Crippen LogP contribution is 2.37. The fourth-order valence-corrected chi connectivity index (χ4v) is 6.58. The van der Waals surface area contributed by atoms with Crippen molar-refractivity contribution in [3.8, 4) is 11.4 Å². The van der Waals surface area contributed by atoms with Gasteiger partial charge in [0.25, 0.3) is 0 Å². The number of nitrogens with zero attached hydrogens (tertiary/aromatic N) is 4. The average molecular weight is 522 g/mol. The van der Waals surface area contributed by atoms with Gasteiger partial charge in [-0.05, 0) is 98.1 Å². The van der Waals surface area contributed by atoms with E-state index in [1.807, 2.05) is 6.92 Å². The fourth-order valence-electron chi connectivity index (χ4n) is 6.05. The molecule has 2 aromatic heterocycles. The van der Waals surface area contributed by atoms with Crippen LogP contribution in [0.2, 0.25) is 0 Å². The largest absolute Gasteiger partial charge is 0.369 e. The average Bonchev–Trinajstić information content (AvgIpc) is 3.41. The van der Waals surface area contributed by atoms with Gasteiger partial charge in [-0.2, -0.15) is 0 Å². The number of piperidine rings is 1. The maximum atomic E-state index is 5.54. The third-order valence-electron chi connectivity index (χ3n) is 8.00. The number of rotatable bonds is 4. The number of aromatic nitrogens is 3. The van der Waals surface area contributed by atoms with Crippen LogP contribution in [0.5, 0.6) is 0 Å². The fraction of sp³-hybridized carbons (Fsp3) is 0.500. The summed E-state index contributed by atoms with van der Waals surface area (Å²) in [5, 5.41) is 5.23. The van der Waals surface area contributed by atoms with Crippen LogP contribution in [0.3, 0.4) is 0 Å². The SMILES string of the molecule is Cc1noc2c(Br)cc(-c3nc4ccc(N5CCCCC5C)cc4n3CC3CCCCC3)cc12. The minimum atomic E-state index is 0.593. The summed E-state index contributed by atoms with van der Waals surface area (Å²) in [6.45, 7) is 6.54. The van der Waals surface area contributed by atoms with Crippen molar-refractivity contribution in [2.24, 2.45) is 5.92 Å². The molecule has 2 fully saturated rings. The molecule has 3 heterocycles. The number of anilines is 1. The molecule has 1 saturated heterocycles. The lowest BCUT2D eigenvalue weighted by atomic mass is 9.89. The summed E-state index contributed by atoms with van der Waals surface area (Å²) in [7, 11) is 0. The minimum Gasteiger partial charge on any atom is -0.369 e. The van der Waals surface area contributed by atoms with E-state index in [4.69, 9.17) is 9.51 Å². The monoisotopic (exact) mass is 520 g/mol. The highest BCUT2D eigenvalue weighted by atomic mass is 79.9. The van der Waals surface area contributed by atoms with Crippen LogP contribution < -0.4 is 4.90 Å². The Kier molecular flexibility index (Phi) is 5.88. The summed E-state index contributed by atoms with van der Waals surface area (Å²) in [4.78, 5) is 7.78. The Hall–Kier alpha value is -2.34. The second-order valence-corrected chi connectivity index (χ2v) is 11.2. The lowest BCUT2D eigenvalue weighted by Gasteiger charge is -2.35. The van der Waals surface area contributed by atoms with Crippen molar-refractivity contribution in [3.05, 3.63) is 40.5 Å². The molecular formula is C28H33BrN4O. The highest BCUT2D eigenvalue weighted by Gasteiger charge is 2.23. The van der Waals surface area contributed by atoms with Gasteiger partial charge in [0.15, 0.2) is 5.58 Å². The standard InChI is InChI=1S/C28H33BrN4O/c1-18-8-6-7-13-32(18)22-11-12-25-26(16-22)33(17-20-9-4-3-5-10-20)28(30-25)21-14-23-19(2)31-34-27(23)24(29)15-21/h11-12,14-16,18,20H,3-10,13,17H2,1-2H3. The van der Waals surface area contributed by atoms with Crippen LogP contribution in [0.15, 0.2) is 39.3 Å². The molecule has 1 saturated carbocycles. The van der Waals surface area contributed by atoms with Crippen molar-refractivity contribution < 1.29 is 4.52 Å². The third-order valence-corrected chi connectivity index (χ3v) is 8.59. The van der Waals surface area contributed by atoms with Crippen LogP contribution in [-0.4, -0.2) is 27.3 Å². The van der Waals surface area contributed by atoms with E-state index in [1.165, 1.54) is 62.6 Å². The molecule has 1 atom stereocenters. The lowest BCUT2D eigenvalue weighted by Crippen LogP contribution is -2.37. The number of hydrogen-bond acceptors (Lipinski definition) is 4. The zero-order chi connectivity index (χ0) is 23.2. The maximum absolute atomic E-state index is 5.54. The first kappa shape index (κ1) is 22.1. The van der Waals surface area contributed by atoms with Gasteiger partial charge in [-0.1, -0.05) is 24.4 Å². The summed E-state index contributed by atoms with van der Waals surface area (Å²) in [5.74, 6) is 1.76. The van der Waals surface area contributed by atoms with Gasteiger partial charge in [-0.3, -0.25) is 0 Å². The number of fused-ring (bicyclic) bond motifs is 2. The topological polar surface area (TPSA) is 47.1 Å². The van der Waals surface area contributed by atoms with Crippen molar-refractivity contribution in [2.45, 2.75) is 77.8 Å². The molecule has 0 N–H and O–H groups in total. The lowest BCUT2D eigenvalue weighted by molar-refractivity contribution is 0.323. The van der Waals surface area contributed by atoms with E-state index >= 15 is 0 Å². The van der Waals surface area contributed by atoms with Gasteiger partial charge < -0.3 is 14.0 Å². The first-order valence-electron chi connectivity index (χ1n) is 12.9. The summed E-state index contributed by atoms with van der Waals surface area (Å²) in [5.41, 5.74) is 6.51. The number of imidazole rings is 1. The molecule has 178 valence electrons. The van der Waals surface area contributed by atoms with Crippen molar-refractivity contribution >= 4 is 43.6 Å². The molecule has 4 aromatic rings. The van der Waals surface area contributed by atoms with E-state index in [9.17, 15) is 0 Å². The molecule has 0 amide bonds. The Morgan fingerprint density at radius 3 is 2.68 bits per heavy atom. The molecule has 1 aliphatic carbocycles. The summed E-state index contributed by atoms with van der Waals surface area (Å²) in [6.07, 6.45) is 10.6. The van der Waals surface area contributed by atoms with Crippen LogP contribution >= 0.6 is 15.9 Å². The first-order chi connectivity index (χ1) is 16.6. The van der Waals surface area contributed by atoms with Gasteiger partial charge >= 0.3 is 0 Å². The molecule has 1 unspecified atom stereocenters. The quantitative estimate of drug-likeness (QED) is 0.274. The van der Waals surface area contributed by atoms with Gasteiger partial charge in [-0.15, -0.1) is 0 Å². The van der Waals surface area contributed by atoms with E-state index < -0.39 is 0 Å². The van der Waals surface area contributed by atoms with Crippen LogP contribution in [0.25, 0.3) is 33.4 Å². The highest BCUT2D eigenvalue weighted by molar-refractivity contribution is 9.10. The molecule has 1 aliphatic heterocycles. The second-order valence-electron chi connectivity index (χ2n) is 10.4. The molecular weight excluding hydrogens is 488 g/mol. The smallest absolute Gasteiger partial charge is 0.181 e. The number of halogens is 1.